The molecule has 0 aromatic heterocycles. The molecule has 0 saturated carbocycles. The summed E-state index contributed by atoms with van der Waals surface area (Å²) in [6.07, 6.45) is -0.707. The normalized spacial score (nSPS) is 13.5. The number of rotatable bonds is 9. The number of carbonyl (C=O) groups excluding carboxylic acids is 4. The minimum absolute atomic E-state index is 0.0172. The number of anilines is 1. The van der Waals surface area contributed by atoms with Gasteiger partial charge in [-0.05, 0) is 43.7 Å². The number of ether oxygens (including phenoxy) is 2. The molecule has 172 valence electrons. The van der Waals surface area contributed by atoms with E-state index >= 15 is 0 Å². The van der Waals surface area contributed by atoms with E-state index in [2.05, 4.69) is 5.32 Å². The average Bonchev–Trinajstić information content (AvgIpc) is 3.03. The Kier molecular flexibility index (Phi) is 7.13. The highest BCUT2D eigenvalue weighted by atomic mass is 16.6. The van der Waals surface area contributed by atoms with Crippen molar-refractivity contribution in [2.45, 2.75) is 19.4 Å². The largest absolute Gasteiger partial charge is 0.449 e. The zero-order chi connectivity index (χ0) is 24.1. The second kappa shape index (κ2) is 10.0. The van der Waals surface area contributed by atoms with Gasteiger partial charge >= 0.3 is 5.97 Å². The number of nitro benzene ring substituents is 1. The lowest BCUT2D eigenvalue weighted by Gasteiger charge is -2.14. The lowest BCUT2D eigenvalue weighted by atomic mass is 10.1. The smallest absolute Gasteiger partial charge is 0.338 e. The van der Waals surface area contributed by atoms with Crippen LogP contribution in [-0.2, 0) is 14.3 Å². The molecular formula is C22H21N3O8. The number of carbonyl (C=O) groups is 4. The van der Waals surface area contributed by atoms with Gasteiger partial charge in [0.1, 0.15) is 0 Å². The molecular weight excluding hydrogens is 434 g/mol. The van der Waals surface area contributed by atoms with Crippen molar-refractivity contribution in [1.29, 1.82) is 0 Å². The Hall–Kier alpha value is -4.12. The summed E-state index contributed by atoms with van der Waals surface area (Å²) in [5, 5.41) is 13.2. The van der Waals surface area contributed by atoms with E-state index in [-0.39, 0.29) is 28.9 Å². The highest BCUT2D eigenvalue weighted by Crippen LogP contribution is 2.25. The third-order valence-corrected chi connectivity index (χ3v) is 4.94. The number of methoxy groups -OCH3 is 1. The number of hydrogen-bond donors (Lipinski definition) is 1. The predicted molar refractivity (Wildman–Crippen MR) is 115 cm³/mol. The maximum atomic E-state index is 12.6. The van der Waals surface area contributed by atoms with E-state index in [1.165, 1.54) is 56.5 Å². The number of nitrogens with zero attached hydrogens (tertiary/aromatic N) is 2. The topological polar surface area (TPSA) is 145 Å². The van der Waals surface area contributed by atoms with Crippen LogP contribution >= 0.6 is 0 Å². The molecule has 3 rings (SSSR count). The molecule has 1 heterocycles. The molecule has 0 saturated heterocycles. The fourth-order valence-corrected chi connectivity index (χ4v) is 3.18. The molecule has 0 aliphatic carbocycles. The first-order valence-electron chi connectivity index (χ1n) is 9.98. The summed E-state index contributed by atoms with van der Waals surface area (Å²) in [4.78, 5) is 61.1. The fraction of sp³-hybridized carbons (Fsp3) is 0.273. The van der Waals surface area contributed by atoms with Gasteiger partial charge in [-0.15, -0.1) is 0 Å². The quantitative estimate of drug-likeness (QED) is 0.199. The van der Waals surface area contributed by atoms with Gasteiger partial charge in [-0.3, -0.25) is 29.4 Å². The van der Waals surface area contributed by atoms with Crippen molar-refractivity contribution < 1.29 is 33.6 Å². The van der Waals surface area contributed by atoms with E-state index in [1.54, 1.807) is 0 Å². The van der Waals surface area contributed by atoms with Crippen molar-refractivity contribution in [2.24, 2.45) is 0 Å². The van der Waals surface area contributed by atoms with Crippen LogP contribution in [0.25, 0.3) is 0 Å². The molecule has 11 nitrogen and oxygen atoms in total. The van der Waals surface area contributed by atoms with Gasteiger partial charge in [0.2, 0.25) is 0 Å². The first-order valence-corrected chi connectivity index (χ1v) is 9.98. The van der Waals surface area contributed by atoms with Crippen LogP contribution in [0.3, 0.4) is 0 Å². The van der Waals surface area contributed by atoms with Gasteiger partial charge < -0.3 is 14.8 Å². The van der Waals surface area contributed by atoms with Gasteiger partial charge in [-0.2, -0.15) is 0 Å². The first kappa shape index (κ1) is 23.5. The molecule has 0 spiro atoms. The fourth-order valence-electron chi connectivity index (χ4n) is 3.18. The summed E-state index contributed by atoms with van der Waals surface area (Å²) in [6.45, 7) is 1.95. The molecule has 0 fully saturated rings. The van der Waals surface area contributed by atoms with Crippen LogP contribution in [0.4, 0.5) is 11.4 Å². The lowest BCUT2D eigenvalue weighted by molar-refractivity contribution is -0.384. The zero-order valence-electron chi connectivity index (χ0n) is 17.9. The number of benzene rings is 2. The summed E-state index contributed by atoms with van der Waals surface area (Å²) in [6, 6.07) is 9.17. The third kappa shape index (κ3) is 5.21. The molecule has 1 aliphatic rings. The molecule has 0 bridgehead atoms. The van der Waals surface area contributed by atoms with Crippen molar-refractivity contribution in [1.82, 2.24) is 4.90 Å². The maximum Gasteiger partial charge on any atom is 0.338 e. The summed E-state index contributed by atoms with van der Waals surface area (Å²) in [5.41, 5.74) is 0.467. The summed E-state index contributed by atoms with van der Waals surface area (Å²) >= 11 is 0. The van der Waals surface area contributed by atoms with Crippen LogP contribution in [-0.4, -0.2) is 59.9 Å². The van der Waals surface area contributed by atoms with E-state index in [1.807, 2.05) is 0 Å². The molecule has 1 unspecified atom stereocenters. The first-order chi connectivity index (χ1) is 15.7. The van der Waals surface area contributed by atoms with E-state index in [0.29, 0.717) is 18.7 Å². The van der Waals surface area contributed by atoms with Gasteiger partial charge in [-0.25, -0.2) is 4.79 Å². The molecule has 3 amide bonds. The molecule has 1 N–H and O–H groups in total. The van der Waals surface area contributed by atoms with Gasteiger partial charge in [0.25, 0.3) is 23.4 Å². The standard InChI is InChI=1S/C22H21N3O8/c1-13(19(26)23-15-5-7-16(8-6-15)25(30)31)33-22(29)14-4-9-17-18(12-14)21(28)24(20(17)27)10-3-11-32-2/h4-9,12-13H,3,10-11H2,1-2H3,(H,23,26). The van der Waals surface area contributed by atoms with Gasteiger partial charge in [0.15, 0.2) is 6.10 Å². The number of imide groups is 1. The van der Waals surface area contributed by atoms with Gasteiger partial charge in [0.05, 0.1) is 21.6 Å². The van der Waals surface area contributed by atoms with Crippen molar-refractivity contribution in [2.75, 3.05) is 25.6 Å². The second-order valence-electron chi connectivity index (χ2n) is 7.21. The van der Waals surface area contributed by atoms with E-state index < -0.39 is 34.7 Å². The van der Waals surface area contributed by atoms with Gasteiger partial charge in [-0.1, -0.05) is 0 Å². The maximum absolute atomic E-state index is 12.6. The monoisotopic (exact) mass is 455 g/mol. The van der Waals surface area contributed by atoms with E-state index in [0.717, 1.165) is 4.90 Å². The SMILES string of the molecule is COCCCN1C(=O)c2ccc(C(=O)OC(C)C(=O)Nc3ccc([N+](=O)[O-])cc3)cc2C1=O. The van der Waals surface area contributed by atoms with Crippen molar-refractivity contribution >= 4 is 35.1 Å². The molecule has 1 aliphatic heterocycles. The summed E-state index contributed by atoms with van der Waals surface area (Å²) < 4.78 is 10.1. The van der Waals surface area contributed by atoms with Crippen molar-refractivity contribution in [3.05, 3.63) is 69.3 Å². The summed E-state index contributed by atoms with van der Waals surface area (Å²) in [5.74, 6) is -2.44. The molecule has 2 aromatic rings. The average molecular weight is 455 g/mol. The Balaban J connectivity index is 1.64. The number of fused-ring (bicyclic) bond motifs is 1. The Morgan fingerprint density at radius 3 is 2.39 bits per heavy atom. The number of amides is 3. The Morgan fingerprint density at radius 1 is 1.09 bits per heavy atom. The summed E-state index contributed by atoms with van der Waals surface area (Å²) in [7, 11) is 1.52. The molecule has 2 aromatic carbocycles. The number of hydrogen-bond acceptors (Lipinski definition) is 8. The minimum atomic E-state index is -1.19. The van der Waals surface area contributed by atoms with Crippen LogP contribution < -0.4 is 5.32 Å². The second-order valence-corrected chi connectivity index (χ2v) is 7.21. The molecule has 0 radical (unpaired) electrons. The third-order valence-electron chi connectivity index (χ3n) is 4.94. The van der Waals surface area contributed by atoms with Crippen LogP contribution in [0.5, 0.6) is 0 Å². The van der Waals surface area contributed by atoms with Crippen LogP contribution in [0, 0.1) is 10.1 Å². The highest BCUT2D eigenvalue weighted by Gasteiger charge is 2.36. The predicted octanol–water partition coefficient (Wildman–Crippen LogP) is 2.41. The van der Waals surface area contributed by atoms with Crippen LogP contribution in [0.2, 0.25) is 0 Å². The number of nitro groups is 1. The Labute approximate surface area is 188 Å². The van der Waals surface area contributed by atoms with Crippen molar-refractivity contribution in [3.8, 4) is 0 Å². The van der Waals surface area contributed by atoms with E-state index in [4.69, 9.17) is 9.47 Å². The highest BCUT2D eigenvalue weighted by molar-refractivity contribution is 6.22. The zero-order valence-corrected chi connectivity index (χ0v) is 17.9. The van der Waals surface area contributed by atoms with Crippen LogP contribution in [0.1, 0.15) is 44.4 Å². The van der Waals surface area contributed by atoms with Gasteiger partial charge in [0, 0.05) is 38.1 Å². The Morgan fingerprint density at radius 2 is 1.76 bits per heavy atom. The van der Waals surface area contributed by atoms with Crippen LogP contribution in [0.15, 0.2) is 42.5 Å². The van der Waals surface area contributed by atoms with Crippen molar-refractivity contribution in [3.63, 3.8) is 0 Å². The Bertz CT molecular complexity index is 1110. The number of non-ortho nitro benzene ring substituents is 1. The molecule has 33 heavy (non-hydrogen) atoms. The number of nitrogens with one attached hydrogen (secondary N) is 1. The lowest BCUT2D eigenvalue weighted by Crippen LogP contribution is -2.31. The van der Waals surface area contributed by atoms with E-state index in [9.17, 15) is 29.3 Å². The number of esters is 1. The molecule has 11 heteroatoms. The minimum Gasteiger partial charge on any atom is -0.449 e. The molecule has 1 atom stereocenters.